The lowest BCUT2D eigenvalue weighted by Gasteiger charge is -2.23. The molecule has 0 bridgehead atoms. The minimum absolute atomic E-state index is 0.0217. The molecular weight excluding hydrogens is 300 g/mol. The van der Waals surface area contributed by atoms with Crippen LogP contribution in [-0.4, -0.2) is 27.5 Å². The van der Waals surface area contributed by atoms with Crippen LogP contribution in [0.15, 0.2) is 42.5 Å². The van der Waals surface area contributed by atoms with Crippen LogP contribution in [0.4, 0.5) is 5.82 Å². The van der Waals surface area contributed by atoms with Crippen LogP contribution in [0.2, 0.25) is 0 Å². The third-order valence-electron chi connectivity index (χ3n) is 4.49. The molecule has 1 unspecified atom stereocenters. The number of aromatic nitrogens is 2. The Balaban J connectivity index is 1.82. The molecule has 0 spiro atoms. The lowest BCUT2D eigenvalue weighted by atomic mass is 10.0. The molecule has 1 amide bonds. The number of carbonyl (C=O) groups is 1. The van der Waals surface area contributed by atoms with E-state index in [4.69, 9.17) is 5.73 Å². The average Bonchev–Trinajstić information content (AvgIpc) is 3.05. The van der Waals surface area contributed by atoms with Gasteiger partial charge in [-0.25, -0.2) is 0 Å². The maximum absolute atomic E-state index is 12.8. The van der Waals surface area contributed by atoms with E-state index in [1.807, 2.05) is 36.1 Å². The van der Waals surface area contributed by atoms with E-state index in [2.05, 4.69) is 23.2 Å². The molecule has 1 atom stereocenters. The molecule has 1 aliphatic rings. The quantitative estimate of drug-likeness (QED) is 0.881. The molecule has 3 rings (SSSR count). The number of carbonyl (C=O) groups excluding carboxylic acids is 1. The highest BCUT2D eigenvalue weighted by atomic mass is 16.2. The van der Waals surface area contributed by atoms with Gasteiger partial charge in [-0.15, -0.1) is 5.10 Å². The highest BCUT2D eigenvalue weighted by Gasteiger charge is 2.30. The minimum atomic E-state index is -0.0217. The van der Waals surface area contributed by atoms with E-state index in [1.165, 1.54) is 5.56 Å². The van der Waals surface area contributed by atoms with Crippen molar-refractivity contribution in [2.24, 2.45) is 0 Å². The summed E-state index contributed by atoms with van der Waals surface area (Å²) < 4.78 is 0. The molecule has 0 saturated carbocycles. The molecule has 1 aliphatic heterocycles. The van der Waals surface area contributed by atoms with Crippen LogP contribution in [0.1, 0.15) is 42.6 Å². The summed E-state index contributed by atoms with van der Waals surface area (Å²) in [7, 11) is 0. The van der Waals surface area contributed by atoms with E-state index in [1.54, 1.807) is 12.1 Å². The Morgan fingerprint density at radius 1 is 1.25 bits per heavy atom. The molecule has 5 nitrogen and oxygen atoms in total. The fourth-order valence-electron chi connectivity index (χ4n) is 3.23. The van der Waals surface area contributed by atoms with E-state index >= 15 is 0 Å². The topological polar surface area (TPSA) is 72.1 Å². The number of benzene rings is 1. The minimum Gasteiger partial charge on any atom is -0.382 e. The molecule has 124 valence electrons. The Labute approximate surface area is 142 Å². The number of aryl methyl sites for hydroxylation is 1. The number of rotatable bonds is 3. The maximum atomic E-state index is 12.8. The van der Waals surface area contributed by atoms with E-state index in [0.29, 0.717) is 5.82 Å². The Morgan fingerprint density at radius 2 is 2.04 bits per heavy atom. The van der Waals surface area contributed by atoms with E-state index in [9.17, 15) is 4.79 Å². The zero-order valence-corrected chi connectivity index (χ0v) is 14.1. The summed E-state index contributed by atoms with van der Waals surface area (Å²) in [4.78, 5) is 14.6. The van der Waals surface area contributed by atoms with Crippen molar-refractivity contribution >= 4 is 17.3 Å². The van der Waals surface area contributed by atoms with E-state index < -0.39 is 0 Å². The van der Waals surface area contributed by atoms with Crippen LogP contribution in [0.25, 0.3) is 5.57 Å². The van der Waals surface area contributed by atoms with Crippen molar-refractivity contribution in [2.75, 3.05) is 12.3 Å². The van der Waals surface area contributed by atoms with Crippen molar-refractivity contribution in [3.63, 3.8) is 0 Å². The van der Waals surface area contributed by atoms with Gasteiger partial charge in [0.25, 0.3) is 0 Å². The predicted molar refractivity (Wildman–Crippen MR) is 95.0 cm³/mol. The Morgan fingerprint density at radius 3 is 2.75 bits per heavy atom. The molecule has 1 saturated heterocycles. The van der Waals surface area contributed by atoms with E-state index in [-0.39, 0.29) is 11.9 Å². The first-order valence-corrected chi connectivity index (χ1v) is 8.20. The Bertz CT molecular complexity index is 767. The molecule has 0 aliphatic carbocycles. The number of nitrogen functional groups attached to an aromatic ring is 1. The van der Waals surface area contributed by atoms with Gasteiger partial charge in [0, 0.05) is 12.6 Å². The molecule has 2 N–H and O–H groups in total. The first kappa shape index (κ1) is 16.2. The van der Waals surface area contributed by atoms with Crippen LogP contribution in [-0.2, 0) is 4.79 Å². The largest absolute Gasteiger partial charge is 0.382 e. The lowest BCUT2D eigenvalue weighted by molar-refractivity contribution is -0.126. The van der Waals surface area contributed by atoms with Crippen LogP contribution < -0.4 is 5.73 Å². The molecule has 2 aromatic rings. The van der Waals surface area contributed by atoms with Gasteiger partial charge in [0.2, 0.25) is 5.91 Å². The zero-order chi connectivity index (χ0) is 17.1. The number of nitrogens with zero attached hydrogens (tertiary/aromatic N) is 3. The van der Waals surface area contributed by atoms with Crippen LogP contribution in [0.5, 0.6) is 0 Å². The van der Waals surface area contributed by atoms with Gasteiger partial charge in [0.15, 0.2) is 0 Å². The Kier molecular flexibility index (Phi) is 4.60. The monoisotopic (exact) mass is 322 g/mol. The molecule has 5 heteroatoms. The third-order valence-corrected chi connectivity index (χ3v) is 4.49. The van der Waals surface area contributed by atoms with Gasteiger partial charge in [-0.2, -0.15) is 5.10 Å². The van der Waals surface area contributed by atoms with Crippen molar-refractivity contribution in [1.82, 2.24) is 15.1 Å². The highest BCUT2D eigenvalue weighted by Crippen LogP contribution is 2.31. The predicted octanol–water partition coefficient (Wildman–Crippen LogP) is 3.13. The van der Waals surface area contributed by atoms with Crippen molar-refractivity contribution in [2.45, 2.75) is 32.7 Å². The first-order chi connectivity index (χ1) is 11.6. The van der Waals surface area contributed by atoms with Crippen LogP contribution >= 0.6 is 0 Å². The number of allylic oxidation sites excluding steroid dienone is 1. The zero-order valence-electron chi connectivity index (χ0n) is 14.1. The number of nitrogens with two attached hydrogens (primary N) is 1. The Hall–Kier alpha value is -2.69. The van der Waals surface area contributed by atoms with Crippen molar-refractivity contribution < 1.29 is 4.79 Å². The van der Waals surface area contributed by atoms with Crippen molar-refractivity contribution in [3.8, 4) is 0 Å². The number of likely N-dealkylation sites (tertiary alicyclic amines) is 1. The van der Waals surface area contributed by atoms with Crippen molar-refractivity contribution in [1.29, 1.82) is 0 Å². The molecular formula is C19H22N4O. The fourth-order valence-corrected chi connectivity index (χ4v) is 3.23. The first-order valence-electron chi connectivity index (χ1n) is 8.20. The highest BCUT2D eigenvalue weighted by molar-refractivity contribution is 5.95. The number of amides is 1. The van der Waals surface area contributed by atoms with Gasteiger partial charge < -0.3 is 10.6 Å². The fraction of sp³-hybridized carbons (Fsp3) is 0.316. The molecule has 0 radical (unpaired) electrons. The average molecular weight is 322 g/mol. The SMILES string of the molecule is C/C(=C\C(=O)N1CCCC1c1ccc(N)nn1)c1ccccc1C. The van der Waals surface area contributed by atoms with Gasteiger partial charge in [-0.05, 0) is 55.5 Å². The number of anilines is 1. The molecule has 1 aromatic carbocycles. The lowest BCUT2D eigenvalue weighted by Crippen LogP contribution is -2.29. The summed E-state index contributed by atoms with van der Waals surface area (Å²) in [5.74, 6) is 0.418. The summed E-state index contributed by atoms with van der Waals surface area (Å²) in [5.41, 5.74) is 9.66. The van der Waals surface area contributed by atoms with Gasteiger partial charge in [-0.1, -0.05) is 24.3 Å². The summed E-state index contributed by atoms with van der Waals surface area (Å²) in [6, 6.07) is 11.7. The smallest absolute Gasteiger partial charge is 0.247 e. The number of hydrogen-bond acceptors (Lipinski definition) is 4. The molecule has 2 heterocycles. The summed E-state index contributed by atoms with van der Waals surface area (Å²) in [5, 5.41) is 8.07. The third kappa shape index (κ3) is 3.30. The summed E-state index contributed by atoms with van der Waals surface area (Å²) >= 11 is 0. The van der Waals surface area contributed by atoms with Gasteiger partial charge in [0.05, 0.1) is 11.7 Å². The van der Waals surface area contributed by atoms with Gasteiger partial charge in [0.1, 0.15) is 5.82 Å². The van der Waals surface area contributed by atoms with Gasteiger partial charge >= 0.3 is 0 Å². The molecule has 1 aromatic heterocycles. The number of hydrogen-bond donors (Lipinski definition) is 1. The van der Waals surface area contributed by atoms with Crippen LogP contribution in [0.3, 0.4) is 0 Å². The van der Waals surface area contributed by atoms with Crippen LogP contribution in [0, 0.1) is 6.92 Å². The van der Waals surface area contributed by atoms with E-state index in [0.717, 1.165) is 36.2 Å². The second kappa shape index (κ2) is 6.83. The van der Waals surface area contributed by atoms with Crippen molar-refractivity contribution in [3.05, 3.63) is 59.3 Å². The standard InChI is InChI=1S/C19H22N4O/c1-13-6-3-4-7-15(13)14(2)12-19(24)23-11-5-8-17(23)16-9-10-18(20)22-21-16/h3-4,6-7,9-10,12,17H,5,8,11H2,1-2H3,(H2,20,22)/b14-12+. The second-order valence-corrected chi connectivity index (χ2v) is 6.21. The second-order valence-electron chi connectivity index (χ2n) is 6.21. The summed E-state index contributed by atoms with van der Waals surface area (Å²) in [6.07, 6.45) is 3.60. The normalized spacial score (nSPS) is 18.0. The summed E-state index contributed by atoms with van der Waals surface area (Å²) in [6.45, 7) is 4.78. The van der Waals surface area contributed by atoms with Gasteiger partial charge in [-0.3, -0.25) is 4.79 Å². The molecule has 1 fully saturated rings. The molecule has 24 heavy (non-hydrogen) atoms. The maximum Gasteiger partial charge on any atom is 0.247 e.